The fourth-order valence-corrected chi connectivity index (χ4v) is 4.70. The Bertz CT molecular complexity index is 1080. The van der Waals surface area contributed by atoms with Crippen molar-refractivity contribution in [2.24, 2.45) is 5.92 Å². The summed E-state index contributed by atoms with van der Waals surface area (Å²) in [5.41, 5.74) is 1.40. The number of non-ortho nitro benzene ring substituents is 1. The number of benzene rings is 2. The second kappa shape index (κ2) is 8.74. The summed E-state index contributed by atoms with van der Waals surface area (Å²) < 4.78 is 14.4. The summed E-state index contributed by atoms with van der Waals surface area (Å²) in [5.74, 6) is -0.315. The van der Waals surface area contributed by atoms with Crippen LogP contribution in [0.4, 0.5) is 15.2 Å². The number of carbonyl (C=O) groups excluding carboxylic acids is 1. The van der Waals surface area contributed by atoms with Crippen LogP contribution >= 0.6 is 11.3 Å². The van der Waals surface area contributed by atoms with Gasteiger partial charge in [-0.3, -0.25) is 14.9 Å². The van der Waals surface area contributed by atoms with Crippen molar-refractivity contribution in [3.05, 3.63) is 64.0 Å². The van der Waals surface area contributed by atoms with Gasteiger partial charge in [0, 0.05) is 37.7 Å². The van der Waals surface area contributed by atoms with Crippen LogP contribution in [0, 0.1) is 21.8 Å². The SMILES string of the molecule is O=C(NCCc1ccccc1F)C1CCN(c2nc3ccc([N+](=O)[O-])cc3s2)CC1. The van der Waals surface area contributed by atoms with Gasteiger partial charge in [0.05, 0.1) is 15.1 Å². The number of nitrogens with zero attached hydrogens (tertiary/aromatic N) is 3. The molecule has 0 spiro atoms. The molecule has 30 heavy (non-hydrogen) atoms. The molecule has 156 valence electrons. The maximum Gasteiger partial charge on any atom is 0.270 e. The molecule has 1 aliphatic rings. The first-order valence-corrected chi connectivity index (χ1v) is 10.6. The smallest absolute Gasteiger partial charge is 0.270 e. The highest BCUT2D eigenvalue weighted by Gasteiger charge is 2.26. The van der Waals surface area contributed by atoms with Gasteiger partial charge in [-0.15, -0.1) is 0 Å². The molecule has 9 heteroatoms. The number of hydrogen-bond donors (Lipinski definition) is 1. The van der Waals surface area contributed by atoms with Gasteiger partial charge in [-0.25, -0.2) is 9.37 Å². The number of rotatable bonds is 6. The number of nitrogens with one attached hydrogen (secondary N) is 1. The van der Waals surface area contributed by atoms with Crippen LogP contribution in [0.2, 0.25) is 0 Å². The highest BCUT2D eigenvalue weighted by molar-refractivity contribution is 7.22. The molecule has 0 aliphatic carbocycles. The van der Waals surface area contributed by atoms with Crippen molar-refractivity contribution in [1.29, 1.82) is 0 Å². The standard InChI is InChI=1S/C21H21FN4O3S/c22-17-4-2-1-3-14(17)7-10-23-20(27)15-8-11-25(12-9-15)21-24-18-6-5-16(26(28)29)13-19(18)30-21/h1-6,13,15H,7-12H2,(H,23,27). The summed E-state index contributed by atoms with van der Waals surface area (Å²) in [6, 6.07) is 11.3. The van der Waals surface area contributed by atoms with Crippen LogP contribution in [0.1, 0.15) is 18.4 Å². The summed E-state index contributed by atoms with van der Waals surface area (Å²) in [6.45, 7) is 1.82. The maximum atomic E-state index is 13.7. The van der Waals surface area contributed by atoms with Crippen molar-refractivity contribution in [2.75, 3.05) is 24.5 Å². The lowest BCUT2D eigenvalue weighted by Crippen LogP contribution is -2.41. The highest BCUT2D eigenvalue weighted by atomic mass is 32.1. The number of aromatic nitrogens is 1. The molecule has 3 aromatic rings. The van der Waals surface area contributed by atoms with E-state index in [4.69, 9.17) is 0 Å². The number of anilines is 1. The molecule has 1 fully saturated rings. The van der Waals surface area contributed by atoms with E-state index < -0.39 is 4.92 Å². The molecule has 4 rings (SSSR count). The topological polar surface area (TPSA) is 88.4 Å². The Labute approximate surface area is 176 Å². The number of thiazole rings is 1. The van der Waals surface area contributed by atoms with Gasteiger partial charge in [0.15, 0.2) is 5.13 Å². The van der Waals surface area contributed by atoms with Crippen molar-refractivity contribution >= 4 is 38.3 Å². The molecule has 2 aromatic carbocycles. The third-order valence-corrected chi connectivity index (χ3v) is 6.44. The molecule has 0 bridgehead atoms. The molecular formula is C21H21FN4O3S. The third-order valence-electron chi connectivity index (χ3n) is 5.36. The normalized spacial score (nSPS) is 14.8. The third kappa shape index (κ3) is 4.40. The van der Waals surface area contributed by atoms with Gasteiger partial charge in [-0.2, -0.15) is 0 Å². The summed E-state index contributed by atoms with van der Waals surface area (Å²) in [5, 5.41) is 14.7. The van der Waals surface area contributed by atoms with Gasteiger partial charge >= 0.3 is 0 Å². The van der Waals surface area contributed by atoms with Crippen LogP contribution in [-0.2, 0) is 11.2 Å². The molecule has 0 atom stereocenters. The Hall–Kier alpha value is -3.07. The molecule has 2 heterocycles. The van der Waals surface area contributed by atoms with Gasteiger partial charge in [0.1, 0.15) is 5.82 Å². The molecule has 1 aliphatic heterocycles. The lowest BCUT2D eigenvalue weighted by atomic mass is 9.96. The molecule has 7 nitrogen and oxygen atoms in total. The van der Waals surface area contributed by atoms with Crippen molar-refractivity contribution in [3.8, 4) is 0 Å². The van der Waals surface area contributed by atoms with E-state index in [1.54, 1.807) is 30.3 Å². The van der Waals surface area contributed by atoms with Crippen molar-refractivity contribution < 1.29 is 14.1 Å². The molecule has 0 radical (unpaired) electrons. The number of nitro groups is 1. The Morgan fingerprint density at radius 1 is 1.27 bits per heavy atom. The van der Waals surface area contributed by atoms with Gasteiger partial charge in [0.25, 0.3) is 5.69 Å². The van der Waals surface area contributed by atoms with Crippen LogP contribution in [0.3, 0.4) is 0 Å². The number of carbonyl (C=O) groups is 1. The zero-order valence-electron chi connectivity index (χ0n) is 16.2. The monoisotopic (exact) mass is 428 g/mol. The second-order valence-corrected chi connectivity index (χ2v) is 8.31. The Balaban J connectivity index is 1.30. The Morgan fingerprint density at radius 2 is 2.03 bits per heavy atom. The van der Waals surface area contributed by atoms with E-state index in [1.807, 2.05) is 0 Å². The van der Waals surface area contributed by atoms with Gasteiger partial charge in [-0.1, -0.05) is 29.5 Å². The summed E-state index contributed by atoms with van der Waals surface area (Å²) >= 11 is 1.43. The molecule has 1 N–H and O–H groups in total. The van der Waals surface area contributed by atoms with Gasteiger partial charge in [0.2, 0.25) is 5.91 Å². The molecule has 1 amide bonds. The van der Waals surface area contributed by atoms with E-state index in [1.165, 1.54) is 23.5 Å². The largest absolute Gasteiger partial charge is 0.356 e. The molecule has 0 saturated carbocycles. The first kappa shape index (κ1) is 20.2. The maximum absolute atomic E-state index is 13.7. The Kier molecular flexibility index (Phi) is 5.89. The number of amides is 1. The van der Waals surface area contributed by atoms with Crippen LogP contribution in [-0.4, -0.2) is 35.4 Å². The number of nitro benzene ring substituents is 1. The minimum atomic E-state index is -0.408. The van der Waals surface area contributed by atoms with E-state index >= 15 is 0 Å². The average molecular weight is 428 g/mol. The molecule has 1 aromatic heterocycles. The fourth-order valence-electron chi connectivity index (χ4n) is 3.65. The number of halogens is 1. The quantitative estimate of drug-likeness (QED) is 0.475. The van der Waals surface area contributed by atoms with E-state index in [0.29, 0.717) is 44.5 Å². The Morgan fingerprint density at radius 3 is 2.77 bits per heavy atom. The van der Waals surface area contributed by atoms with Crippen LogP contribution in [0.15, 0.2) is 42.5 Å². The zero-order valence-corrected chi connectivity index (χ0v) is 17.0. The summed E-state index contributed by atoms with van der Waals surface area (Å²) in [7, 11) is 0. The van der Waals surface area contributed by atoms with Gasteiger partial charge < -0.3 is 10.2 Å². The lowest BCUT2D eigenvalue weighted by Gasteiger charge is -2.31. The van der Waals surface area contributed by atoms with E-state index in [9.17, 15) is 19.3 Å². The fraction of sp³-hybridized carbons (Fsp3) is 0.333. The first-order chi connectivity index (χ1) is 14.5. The second-order valence-electron chi connectivity index (χ2n) is 7.30. The van der Waals surface area contributed by atoms with Crippen molar-refractivity contribution in [3.63, 3.8) is 0 Å². The summed E-state index contributed by atoms with van der Waals surface area (Å²) in [4.78, 5) is 29.7. The molecular weight excluding hydrogens is 407 g/mol. The summed E-state index contributed by atoms with van der Waals surface area (Å²) in [6.07, 6.45) is 1.89. The van der Waals surface area contributed by atoms with Crippen LogP contribution < -0.4 is 10.2 Å². The van der Waals surface area contributed by atoms with E-state index in [-0.39, 0.29) is 23.3 Å². The lowest BCUT2D eigenvalue weighted by molar-refractivity contribution is -0.384. The predicted octanol–water partition coefficient (Wildman–Crippen LogP) is 3.92. The van der Waals surface area contributed by atoms with Gasteiger partial charge in [-0.05, 0) is 37.0 Å². The van der Waals surface area contributed by atoms with Crippen molar-refractivity contribution in [1.82, 2.24) is 10.3 Å². The number of fused-ring (bicyclic) bond motifs is 1. The molecule has 1 saturated heterocycles. The number of piperidine rings is 1. The molecule has 0 unspecified atom stereocenters. The zero-order chi connectivity index (χ0) is 21.1. The minimum absolute atomic E-state index is 0.00548. The number of hydrogen-bond acceptors (Lipinski definition) is 6. The first-order valence-electron chi connectivity index (χ1n) is 9.82. The minimum Gasteiger partial charge on any atom is -0.356 e. The van der Waals surface area contributed by atoms with Crippen molar-refractivity contribution in [2.45, 2.75) is 19.3 Å². The van der Waals surface area contributed by atoms with E-state index in [2.05, 4.69) is 15.2 Å². The van der Waals surface area contributed by atoms with Crippen LogP contribution in [0.5, 0.6) is 0 Å². The highest BCUT2D eigenvalue weighted by Crippen LogP contribution is 2.33. The van der Waals surface area contributed by atoms with Crippen LogP contribution in [0.25, 0.3) is 10.2 Å². The van der Waals surface area contributed by atoms with E-state index in [0.717, 1.165) is 15.3 Å². The average Bonchev–Trinajstić information content (AvgIpc) is 3.18. The predicted molar refractivity (Wildman–Crippen MR) is 114 cm³/mol.